The van der Waals surface area contributed by atoms with Crippen molar-refractivity contribution in [2.45, 2.75) is 46.5 Å². The van der Waals surface area contributed by atoms with Crippen molar-refractivity contribution < 1.29 is 9.18 Å². The third-order valence-electron chi connectivity index (χ3n) is 3.08. The molecule has 114 valence electrons. The summed E-state index contributed by atoms with van der Waals surface area (Å²) in [7, 11) is 0. The molecular formula is C15H20FN3OS. The van der Waals surface area contributed by atoms with Crippen LogP contribution in [0, 0.1) is 11.7 Å². The standard InChI is InChI=1S/C13H14FN3OS.C2H6/c1-6(2)13-16-9-8(14)5-15-11(10(9)19-13)17-12(18)7-3-4-7;1-2/h5-7H,3-4H2,1-2H3,(H,15,17,18);1-2H3. The number of hydrogen-bond acceptors (Lipinski definition) is 4. The van der Waals surface area contributed by atoms with E-state index in [4.69, 9.17) is 0 Å². The number of halogens is 1. The topological polar surface area (TPSA) is 54.9 Å². The summed E-state index contributed by atoms with van der Waals surface area (Å²) < 4.78 is 14.3. The molecule has 1 amide bonds. The van der Waals surface area contributed by atoms with Gasteiger partial charge >= 0.3 is 0 Å². The Balaban J connectivity index is 0.000000774. The monoisotopic (exact) mass is 309 g/mol. The van der Waals surface area contributed by atoms with Crippen LogP contribution in [0.4, 0.5) is 10.2 Å². The molecule has 1 fully saturated rings. The van der Waals surface area contributed by atoms with Crippen molar-refractivity contribution >= 4 is 33.3 Å². The summed E-state index contributed by atoms with van der Waals surface area (Å²) in [5.41, 5.74) is 0.301. The number of aromatic nitrogens is 2. The summed E-state index contributed by atoms with van der Waals surface area (Å²) in [6.45, 7) is 8.01. The molecule has 1 saturated carbocycles. The maximum atomic E-state index is 13.7. The summed E-state index contributed by atoms with van der Waals surface area (Å²) in [6, 6.07) is 0. The fourth-order valence-corrected chi connectivity index (χ4v) is 2.82. The van der Waals surface area contributed by atoms with Crippen LogP contribution >= 0.6 is 11.3 Å². The van der Waals surface area contributed by atoms with E-state index in [2.05, 4.69) is 15.3 Å². The molecule has 1 aliphatic carbocycles. The zero-order chi connectivity index (χ0) is 15.6. The molecule has 0 aromatic carbocycles. The molecule has 21 heavy (non-hydrogen) atoms. The molecule has 2 heterocycles. The number of nitrogens with one attached hydrogen (secondary N) is 1. The van der Waals surface area contributed by atoms with Crippen LogP contribution in [-0.2, 0) is 4.79 Å². The maximum absolute atomic E-state index is 13.7. The van der Waals surface area contributed by atoms with Crippen LogP contribution < -0.4 is 5.32 Å². The number of thiazole rings is 1. The van der Waals surface area contributed by atoms with Gasteiger partial charge in [0.15, 0.2) is 11.6 Å². The van der Waals surface area contributed by atoms with Crippen LogP contribution in [0.2, 0.25) is 0 Å². The zero-order valence-corrected chi connectivity index (χ0v) is 13.6. The van der Waals surface area contributed by atoms with Crippen LogP contribution in [0.3, 0.4) is 0 Å². The minimum atomic E-state index is -0.442. The van der Waals surface area contributed by atoms with Crippen molar-refractivity contribution in [1.82, 2.24) is 9.97 Å². The SMILES string of the molecule is CC.CC(C)c1nc2c(F)cnc(NC(=O)C3CC3)c2s1. The molecule has 0 aliphatic heterocycles. The molecule has 0 saturated heterocycles. The normalized spacial score (nSPS) is 14.0. The van der Waals surface area contributed by atoms with E-state index in [0.29, 0.717) is 16.0 Å². The van der Waals surface area contributed by atoms with E-state index in [1.54, 1.807) is 0 Å². The van der Waals surface area contributed by atoms with E-state index in [9.17, 15) is 9.18 Å². The molecular weight excluding hydrogens is 289 g/mol. The van der Waals surface area contributed by atoms with Gasteiger partial charge in [0.2, 0.25) is 5.91 Å². The second-order valence-corrected chi connectivity index (χ2v) is 6.13. The first kappa shape index (κ1) is 15.8. The van der Waals surface area contributed by atoms with Gasteiger partial charge in [0.05, 0.1) is 11.2 Å². The van der Waals surface area contributed by atoms with Crippen molar-refractivity contribution in [3.05, 3.63) is 17.0 Å². The van der Waals surface area contributed by atoms with E-state index in [0.717, 1.165) is 24.0 Å². The Hall–Kier alpha value is -1.56. The molecule has 1 aliphatic rings. The molecule has 0 unspecified atom stereocenters. The number of fused-ring (bicyclic) bond motifs is 1. The molecule has 1 N–H and O–H groups in total. The Morgan fingerprint density at radius 1 is 1.43 bits per heavy atom. The van der Waals surface area contributed by atoms with Crippen LogP contribution in [0.25, 0.3) is 10.2 Å². The molecule has 3 rings (SSSR count). The lowest BCUT2D eigenvalue weighted by atomic mass is 10.2. The largest absolute Gasteiger partial charge is 0.309 e. The summed E-state index contributed by atoms with van der Waals surface area (Å²) >= 11 is 1.39. The number of carbonyl (C=O) groups excluding carboxylic acids is 1. The molecule has 0 radical (unpaired) electrons. The van der Waals surface area contributed by atoms with Crippen molar-refractivity contribution in [3.8, 4) is 0 Å². The summed E-state index contributed by atoms with van der Waals surface area (Å²) in [6.07, 6.45) is 2.97. The number of pyridine rings is 1. The lowest BCUT2D eigenvalue weighted by Gasteiger charge is -2.03. The average molecular weight is 309 g/mol. The molecule has 0 bridgehead atoms. The number of anilines is 1. The second-order valence-electron chi connectivity index (χ2n) is 5.10. The highest BCUT2D eigenvalue weighted by molar-refractivity contribution is 7.19. The molecule has 0 spiro atoms. The minimum Gasteiger partial charge on any atom is -0.309 e. The smallest absolute Gasteiger partial charge is 0.228 e. The maximum Gasteiger partial charge on any atom is 0.228 e. The van der Waals surface area contributed by atoms with Gasteiger partial charge < -0.3 is 5.32 Å². The quantitative estimate of drug-likeness (QED) is 0.918. The van der Waals surface area contributed by atoms with Gasteiger partial charge in [0, 0.05) is 11.8 Å². The molecule has 6 heteroatoms. The third-order valence-corrected chi connectivity index (χ3v) is 4.44. The molecule has 0 atom stereocenters. The van der Waals surface area contributed by atoms with Crippen molar-refractivity contribution in [2.75, 3.05) is 5.32 Å². The number of amides is 1. The Labute approximate surface area is 127 Å². The van der Waals surface area contributed by atoms with Crippen molar-refractivity contribution in [3.63, 3.8) is 0 Å². The van der Waals surface area contributed by atoms with Gasteiger partial charge in [-0.05, 0) is 12.8 Å². The van der Waals surface area contributed by atoms with Crippen LogP contribution in [-0.4, -0.2) is 15.9 Å². The van der Waals surface area contributed by atoms with Gasteiger partial charge in [-0.25, -0.2) is 14.4 Å². The molecule has 2 aromatic heterocycles. The van der Waals surface area contributed by atoms with Crippen LogP contribution in [0.5, 0.6) is 0 Å². The summed E-state index contributed by atoms with van der Waals surface area (Å²) in [5.74, 6) is 0.281. The first-order valence-electron chi connectivity index (χ1n) is 7.32. The van der Waals surface area contributed by atoms with Crippen molar-refractivity contribution in [1.29, 1.82) is 0 Å². The predicted octanol–water partition coefficient (Wildman–Crippen LogP) is 4.33. The Morgan fingerprint density at radius 2 is 2.10 bits per heavy atom. The minimum absolute atomic E-state index is 0.0279. The molecule has 4 nitrogen and oxygen atoms in total. The van der Waals surface area contributed by atoms with Gasteiger partial charge in [-0.1, -0.05) is 27.7 Å². The van der Waals surface area contributed by atoms with Gasteiger partial charge in [-0.2, -0.15) is 0 Å². The van der Waals surface area contributed by atoms with E-state index >= 15 is 0 Å². The number of carbonyl (C=O) groups is 1. The van der Waals surface area contributed by atoms with E-state index < -0.39 is 5.82 Å². The Bertz CT molecular complexity index is 650. The van der Waals surface area contributed by atoms with Crippen LogP contribution in [0.1, 0.15) is 51.5 Å². The molecule has 2 aromatic rings. The number of nitrogens with zero attached hydrogens (tertiary/aromatic N) is 2. The fourth-order valence-electron chi connectivity index (χ4n) is 1.80. The van der Waals surface area contributed by atoms with Gasteiger partial charge in [-0.3, -0.25) is 4.79 Å². The second kappa shape index (κ2) is 6.47. The fraction of sp³-hybridized carbons (Fsp3) is 0.533. The van der Waals surface area contributed by atoms with E-state index in [1.807, 2.05) is 27.7 Å². The average Bonchev–Trinajstić information content (AvgIpc) is 3.22. The highest BCUT2D eigenvalue weighted by Gasteiger charge is 2.30. The summed E-state index contributed by atoms with van der Waals surface area (Å²) in [5, 5.41) is 3.63. The van der Waals surface area contributed by atoms with E-state index in [1.165, 1.54) is 11.3 Å². The van der Waals surface area contributed by atoms with Crippen LogP contribution in [0.15, 0.2) is 6.20 Å². The first-order valence-corrected chi connectivity index (χ1v) is 8.13. The van der Waals surface area contributed by atoms with Gasteiger partial charge in [0.25, 0.3) is 0 Å². The van der Waals surface area contributed by atoms with Gasteiger partial charge in [0.1, 0.15) is 10.2 Å². The third kappa shape index (κ3) is 3.37. The lowest BCUT2D eigenvalue weighted by Crippen LogP contribution is -2.14. The highest BCUT2D eigenvalue weighted by atomic mass is 32.1. The zero-order valence-electron chi connectivity index (χ0n) is 12.7. The first-order chi connectivity index (χ1) is 10.1. The Morgan fingerprint density at radius 3 is 2.67 bits per heavy atom. The Kier molecular flexibility index (Phi) is 4.88. The van der Waals surface area contributed by atoms with Crippen molar-refractivity contribution in [2.24, 2.45) is 5.92 Å². The van der Waals surface area contributed by atoms with E-state index in [-0.39, 0.29) is 17.7 Å². The predicted molar refractivity (Wildman–Crippen MR) is 84.2 cm³/mol. The number of hydrogen-bond donors (Lipinski definition) is 1. The highest BCUT2D eigenvalue weighted by Crippen LogP contribution is 2.35. The van der Waals surface area contributed by atoms with Gasteiger partial charge in [-0.15, -0.1) is 11.3 Å². The lowest BCUT2D eigenvalue weighted by molar-refractivity contribution is -0.117. The number of rotatable bonds is 3. The summed E-state index contributed by atoms with van der Waals surface area (Å²) in [4.78, 5) is 20.1.